The Morgan fingerprint density at radius 3 is 2.32 bits per heavy atom. The van der Waals surface area contributed by atoms with Crippen molar-refractivity contribution in [1.29, 1.82) is 0 Å². The van der Waals surface area contributed by atoms with E-state index in [9.17, 15) is 0 Å². The maximum absolute atomic E-state index is 5.29. The topological polar surface area (TPSA) is 98.0 Å². The first-order chi connectivity index (χ1) is 9.13. The van der Waals surface area contributed by atoms with Crippen molar-refractivity contribution < 1.29 is 4.74 Å². The summed E-state index contributed by atoms with van der Waals surface area (Å²) < 4.78 is 6.70. The van der Waals surface area contributed by atoms with Gasteiger partial charge in [0, 0.05) is 8.95 Å². The molecule has 0 unspecified atom stereocenters. The Hall–Kier alpha value is -1.45. The van der Waals surface area contributed by atoms with E-state index in [-0.39, 0.29) is 12.0 Å². The molecule has 1 aromatic heterocycles. The summed E-state index contributed by atoms with van der Waals surface area (Å²) in [5, 5.41) is 3.06. The fourth-order valence-electron chi connectivity index (χ4n) is 1.30. The van der Waals surface area contributed by atoms with Crippen molar-refractivity contribution in [3.8, 4) is 6.01 Å². The lowest BCUT2D eigenvalue weighted by atomic mass is 10.3. The number of halogens is 2. The van der Waals surface area contributed by atoms with Crippen LogP contribution >= 0.6 is 31.9 Å². The molecule has 9 heteroatoms. The summed E-state index contributed by atoms with van der Waals surface area (Å²) in [6.07, 6.45) is 0. The van der Waals surface area contributed by atoms with Gasteiger partial charge in [-0.25, -0.2) is 5.84 Å². The molecule has 0 aliphatic carbocycles. The van der Waals surface area contributed by atoms with Crippen LogP contribution in [0, 0.1) is 0 Å². The molecule has 19 heavy (non-hydrogen) atoms. The number of nitrogens with one attached hydrogen (secondary N) is 2. The number of benzene rings is 1. The Balaban J connectivity index is 2.37. The Bertz CT molecular complexity index is 552. The van der Waals surface area contributed by atoms with Gasteiger partial charge in [-0.2, -0.15) is 15.0 Å². The number of methoxy groups -OCH3 is 1. The normalized spacial score (nSPS) is 10.1. The van der Waals surface area contributed by atoms with Gasteiger partial charge in [0.05, 0.1) is 12.8 Å². The molecule has 1 aromatic carbocycles. The Kier molecular flexibility index (Phi) is 4.51. The van der Waals surface area contributed by atoms with Crippen molar-refractivity contribution in [2.45, 2.75) is 0 Å². The van der Waals surface area contributed by atoms with Crippen molar-refractivity contribution >= 4 is 49.4 Å². The van der Waals surface area contributed by atoms with Gasteiger partial charge in [-0.05, 0) is 44.0 Å². The summed E-state index contributed by atoms with van der Waals surface area (Å²) in [6.45, 7) is 0. The zero-order valence-electron chi connectivity index (χ0n) is 9.82. The Labute approximate surface area is 126 Å². The number of hydrazine groups is 1. The highest BCUT2D eigenvalue weighted by Crippen LogP contribution is 2.32. The molecule has 7 nitrogen and oxygen atoms in total. The maximum Gasteiger partial charge on any atom is 0.322 e. The molecule has 0 saturated heterocycles. The highest BCUT2D eigenvalue weighted by molar-refractivity contribution is 9.11. The molecule has 0 bridgehead atoms. The number of para-hydroxylation sites is 1. The lowest BCUT2D eigenvalue weighted by Gasteiger charge is -2.10. The van der Waals surface area contributed by atoms with Crippen molar-refractivity contribution in [2.24, 2.45) is 5.84 Å². The number of nitrogens with two attached hydrogens (primary N) is 1. The van der Waals surface area contributed by atoms with E-state index in [4.69, 9.17) is 10.6 Å². The number of nitrogens with zero attached hydrogens (tertiary/aromatic N) is 3. The molecular formula is C10H10Br2N6O. The molecule has 2 aromatic rings. The van der Waals surface area contributed by atoms with Gasteiger partial charge < -0.3 is 10.1 Å². The predicted octanol–water partition coefficient (Wildman–Crippen LogP) is 2.43. The highest BCUT2D eigenvalue weighted by Gasteiger charge is 2.10. The first-order valence-electron chi connectivity index (χ1n) is 5.11. The first kappa shape index (κ1) is 14.0. The SMILES string of the molecule is COc1nc(NN)nc(Nc2c(Br)cccc2Br)n1. The second-order valence-electron chi connectivity index (χ2n) is 3.34. The van der Waals surface area contributed by atoms with Crippen molar-refractivity contribution in [2.75, 3.05) is 17.9 Å². The van der Waals surface area contributed by atoms with E-state index in [1.807, 2.05) is 18.2 Å². The van der Waals surface area contributed by atoms with Crippen LogP contribution in [-0.4, -0.2) is 22.1 Å². The van der Waals surface area contributed by atoms with E-state index in [1.165, 1.54) is 7.11 Å². The van der Waals surface area contributed by atoms with Crippen LogP contribution in [0.4, 0.5) is 17.6 Å². The minimum absolute atomic E-state index is 0.161. The Morgan fingerprint density at radius 2 is 1.74 bits per heavy atom. The van der Waals surface area contributed by atoms with Gasteiger partial charge >= 0.3 is 6.01 Å². The monoisotopic (exact) mass is 388 g/mol. The van der Waals surface area contributed by atoms with Gasteiger partial charge in [0.15, 0.2) is 0 Å². The summed E-state index contributed by atoms with van der Waals surface area (Å²) in [5.74, 6) is 5.81. The van der Waals surface area contributed by atoms with Crippen LogP contribution in [0.5, 0.6) is 6.01 Å². The van der Waals surface area contributed by atoms with E-state index in [0.717, 1.165) is 14.6 Å². The molecule has 0 atom stereocenters. The summed E-state index contributed by atoms with van der Waals surface area (Å²) in [5.41, 5.74) is 3.14. The van der Waals surface area contributed by atoms with E-state index >= 15 is 0 Å². The molecule has 0 radical (unpaired) electrons. The van der Waals surface area contributed by atoms with Gasteiger partial charge in [-0.15, -0.1) is 0 Å². The predicted molar refractivity (Wildman–Crippen MR) is 79.3 cm³/mol. The number of anilines is 3. The van der Waals surface area contributed by atoms with Crippen LogP contribution in [0.15, 0.2) is 27.1 Å². The van der Waals surface area contributed by atoms with Crippen LogP contribution in [-0.2, 0) is 0 Å². The van der Waals surface area contributed by atoms with Gasteiger partial charge in [-0.1, -0.05) is 6.07 Å². The van der Waals surface area contributed by atoms with Gasteiger partial charge in [0.1, 0.15) is 0 Å². The minimum atomic E-state index is 0.161. The summed E-state index contributed by atoms with van der Waals surface area (Å²) in [4.78, 5) is 12.1. The summed E-state index contributed by atoms with van der Waals surface area (Å²) in [7, 11) is 1.47. The van der Waals surface area contributed by atoms with Crippen LogP contribution in [0.2, 0.25) is 0 Å². The number of ether oxygens (including phenoxy) is 1. The molecule has 2 rings (SSSR count). The van der Waals surface area contributed by atoms with E-state index in [0.29, 0.717) is 5.95 Å². The average Bonchev–Trinajstić information content (AvgIpc) is 2.42. The lowest BCUT2D eigenvalue weighted by Crippen LogP contribution is -2.13. The molecule has 1 heterocycles. The number of hydrogen-bond donors (Lipinski definition) is 3. The van der Waals surface area contributed by atoms with Crippen molar-refractivity contribution in [1.82, 2.24) is 15.0 Å². The maximum atomic E-state index is 5.29. The molecule has 0 aliphatic rings. The zero-order chi connectivity index (χ0) is 13.8. The van der Waals surface area contributed by atoms with E-state index < -0.39 is 0 Å². The third-order valence-corrected chi connectivity index (χ3v) is 3.45. The molecule has 4 N–H and O–H groups in total. The summed E-state index contributed by atoms with van der Waals surface area (Å²) in [6, 6.07) is 5.86. The van der Waals surface area contributed by atoms with E-state index in [2.05, 4.69) is 57.6 Å². The van der Waals surface area contributed by atoms with Gasteiger partial charge in [0.25, 0.3) is 0 Å². The zero-order valence-corrected chi connectivity index (χ0v) is 13.0. The smallest absolute Gasteiger partial charge is 0.322 e. The second-order valence-corrected chi connectivity index (χ2v) is 5.04. The minimum Gasteiger partial charge on any atom is -0.467 e. The van der Waals surface area contributed by atoms with E-state index in [1.54, 1.807) is 0 Å². The van der Waals surface area contributed by atoms with Crippen molar-refractivity contribution in [3.63, 3.8) is 0 Å². The average molecular weight is 390 g/mol. The third kappa shape index (κ3) is 3.31. The third-order valence-electron chi connectivity index (χ3n) is 2.13. The fraction of sp³-hybridized carbons (Fsp3) is 0.100. The van der Waals surface area contributed by atoms with Crippen LogP contribution in [0.3, 0.4) is 0 Å². The number of rotatable bonds is 4. The highest BCUT2D eigenvalue weighted by atomic mass is 79.9. The number of hydrogen-bond acceptors (Lipinski definition) is 7. The Morgan fingerprint density at radius 1 is 1.11 bits per heavy atom. The lowest BCUT2D eigenvalue weighted by molar-refractivity contribution is 0.379. The first-order valence-corrected chi connectivity index (χ1v) is 6.70. The number of nitrogen functional groups attached to an aromatic ring is 1. The largest absolute Gasteiger partial charge is 0.467 e. The molecular weight excluding hydrogens is 380 g/mol. The van der Waals surface area contributed by atoms with Gasteiger partial charge in [-0.3, -0.25) is 5.43 Å². The van der Waals surface area contributed by atoms with Crippen LogP contribution in [0.25, 0.3) is 0 Å². The molecule has 0 fully saturated rings. The molecule has 0 saturated carbocycles. The molecule has 0 aliphatic heterocycles. The summed E-state index contributed by atoms with van der Waals surface area (Å²) >= 11 is 6.88. The second kappa shape index (κ2) is 6.13. The standard InChI is InChI=1S/C10H10Br2N6O/c1-19-10-16-8(15-9(17-10)18-13)14-7-5(11)3-2-4-6(7)12/h2-4H,13H2,1H3,(H2,14,15,16,17,18). The van der Waals surface area contributed by atoms with Gasteiger partial charge in [0.2, 0.25) is 11.9 Å². The van der Waals surface area contributed by atoms with Crippen LogP contribution < -0.4 is 21.3 Å². The number of aromatic nitrogens is 3. The fourth-order valence-corrected chi connectivity index (χ4v) is 2.49. The molecule has 0 spiro atoms. The molecule has 0 amide bonds. The molecule has 100 valence electrons. The van der Waals surface area contributed by atoms with Crippen LogP contribution in [0.1, 0.15) is 0 Å². The van der Waals surface area contributed by atoms with Crippen molar-refractivity contribution in [3.05, 3.63) is 27.1 Å². The quantitative estimate of drug-likeness (QED) is 0.545.